The normalized spacial score (nSPS) is 10.7. The average molecular weight is 268 g/mol. The summed E-state index contributed by atoms with van der Waals surface area (Å²) in [6, 6.07) is 9.72. The van der Waals surface area contributed by atoms with Crippen LogP contribution >= 0.6 is 0 Å². The first kappa shape index (κ1) is 13.9. The first-order valence-corrected chi connectivity index (χ1v) is 6.42. The number of hydrogen-bond donors (Lipinski definition) is 0. The molecular formula is C16H16N2O2. The maximum Gasteiger partial charge on any atom is 0.237 e. The number of nitrogens with zero attached hydrogens (tertiary/aromatic N) is 2. The highest BCUT2D eigenvalue weighted by Crippen LogP contribution is 2.27. The molecule has 2 rings (SSSR count). The number of ether oxygens (including phenoxy) is 1. The molecule has 0 amide bonds. The third-order valence-electron chi connectivity index (χ3n) is 2.98. The molecule has 0 radical (unpaired) electrons. The van der Waals surface area contributed by atoms with Crippen molar-refractivity contribution in [2.45, 2.75) is 20.8 Å². The number of hydrogen-bond acceptors (Lipinski definition) is 4. The highest BCUT2D eigenvalue weighted by atomic mass is 16.5. The first-order valence-electron chi connectivity index (χ1n) is 6.42. The lowest BCUT2D eigenvalue weighted by molar-refractivity contribution is 0.340. The van der Waals surface area contributed by atoms with E-state index in [2.05, 4.69) is 11.1 Å². The second-order valence-corrected chi connectivity index (χ2v) is 4.34. The van der Waals surface area contributed by atoms with Gasteiger partial charge in [0.25, 0.3) is 0 Å². The summed E-state index contributed by atoms with van der Waals surface area (Å²) in [7, 11) is 0. The molecule has 1 heterocycles. The maximum atomic E-state index is 9.12. The van der Waals surface area contributed by atoms with E-state index in [1.807, 2.05) is 45.0 Å². The van der Waals surface area contributed by atoms with Crippen molar-refractivity contribution in [3.8, 4) is 11.8 Å². The monoisotopic (exact) mass is 268 g/mol. The van der Waals surface area contributed by atoms with Crippen LogP contribution in [0.15, 0.2) is 33.7 Å². The van der Waals surface area contributed by atoms with Crippen LogP contribution in [-0.4, -0.2) is 12.8 Å². The van der Waals surface area contributed by atoms with E-state index in [-0.39, 0.29) is 0 Å². The van der Waals surface area contributed by atoms with Crippen molar-refractivity contribution in [1.29, 1.82) is 5.26 Å². The lowest BCUT2D eigenvalue weighted by Gasteiger charge is -2.02. The second kappa shape index (κ2) is 6.07. The van der Waals surface area contributed by atoms with Crippen molar-refractivity contribution >= 4 is 12.1 Å². The third kappa shape index (κ3) is 2.89. The Kier molecular flexibility index (Phi) is 4.21. The first-order chi connectivity index (χ1) is 9.65. The molecule has 0 aliphatic carbocycles. The van der Waals surface area contributed by atoms with E-state index in [4.69, 9.17) is 14.4 Å². The molecule has 0 saturated carbocycles. The lowest BCUT2D eigenvalue weighted by atomic mass is 10.2. The molecule has 1 aromatic carbocycles. The van der Waals surface area contributed by atoms with E-state index >= 15 is 0 Å². The van der Waals surface area contributed by atoms with Gasteiger partial charge in [-0.25, -0.2) is 4.99 Å². The van der Waals surface area contributed by atoms with Crippen LogP contribution in [0.1, 0.15) is 29.4 Å². The Morgan fingerprint density at radius 3 is 2.90 bits per heavy atom. The van der Waals surface area contributed by atoms with Gasteiger partial charge >= 0.3 is 0 Å². The summed E-state index contributed by atoms with van der Waals surface area (Å²) in [5.74, 6) is 1.87. The Morgan fingerprint density at radius 1 is 1.40 bits per heavy atom. The molecule has 0 spiro atoms. The van der Waals surface area contributed by atoms with E-state index in [0.29, 0.717) is 18.1 Å². The van der Waals surface area contributed by atoms with Crippen LogP contribution in [0.25, 0.3) is 0 Å². The second-order valence-electron chi connectivity index (χ2n) is 4.34. The van der Waals surface area contributed by atoms with Gasteiger partial charge in [-0.3, -0.25) is 0 Å². The van der Waals surface area contributed by atoms with E-state index in [1.54, 1.807) is 6.21 Å². The van der Waals surface area contributed by atoms with Crippen LogP contribution in [0.2, 0.25) is 0 Å². The zero-order valence-electron chi connectivity index (χ0n) is 11.8. The molecule has 0 N–H and O–H groups in total. The average Bonchev–Trinajstić information content (AvgIpc) is 2.72. The van der Waals surface area contributed by atoms with E-state index in [0.717, 1.165) is 22.6 Å². The van der Waals surface area contributed by atoms with Gasteiger partial charge in [0.15, 0.2) is 0 Å². The summed E-state index contributed by atoms with van der Waals surface area (Å²) in [6.45, 7) is 6.24. The van der Waals surface area contributed by atoms with Gasteiger partial charge in [-0.1, -0.05) is 12.1 Å². The van der Waals surface area contributed by atoms with Crippen molar-refractivity contribution in [1.82, 2.24) is 0 Å². The molecule has 0 unspecified atom stereocenters. The molecule has 102 valence electrons. The van der Waals surface area contributed by atoms with Crippen LogP contribution in [-0.2, 0) is 0 Å². The van der Waals surface area contributed by atoms with Crippen molar-refractivity contribution in [3.05, 3.63) is 46.7 Å². The van der Waals surface area contributed by atoms with E-state index in [1.165, 1.54) is 0 Å². The number of furan rings is 1. The summed E-state index contributed by atoms with van der Waals surface area (Å²) >= 11 is 0. The van der Waals surface area contributed by atoms with Gasteiger partial charge in [-0.15, -0.1) is 0 Å². The summed E-state index contributed by atoms with van der Waals surface area (Å²) in [5.41, 5.74) is 2.22. The minimum absolute atomic E-state index is 0.351. The van der Waals surface area contributed by atoms with Crippen LogP contribution in [0.4, 0.5) is 5.88 Å². The molecule has 4 nitrogen and oxygen atoms in total. The molecule has 0 fully saturated rings. The van der Waals surface area contributed by atoms with Crippen LogP contribution in [0.3, 0.4) is 0 Å². The highest BCUT2D eigenvalue weighted by Gasteiger charge is 2.12. The number of rotatable bonds is 4. The van der Waals surface area contributed by atoms with Gasteiger partial charge in [-0.05, 0) is 38.5 Å². The minimum Gasteiger partial charge on any atom is -0.494 e. The van der Waals surface area contributed by atoms with Gasteiger partial charge in [0, 0.05) is 11.8 Å². The van der Waals surface area contributed by atoms with E-state index in [9.17, 15) is 0 Å². The Morgan fingerprint density at radius 2 is 2.20 bits per heavy atom. The van der Waals surface area contributed by atoms with Gasteiger partial charge in [0.1, 0.15) is 23.1 Å². The molecule has 0 saturated heterocycles. The van der Waals surface area contributed by atoms with Crippen molar-refractivity contribution in [2.75, 3.05) is 6.61 Å². The topological polar surface area (TPSA) is 58.5 Å². The molecule has 1 aromatic heterocycles. The Bertz CT molecular complexity index is 678. The standard InChI is InChI=1S/C16H16N2O2/c1-4-19-14-7-5-6-13(8-14)10-18-16-15(9-17)11(2)12(3)20-16/h5-8,10H,4H2,1-3H3. The van der Waals surface area contributed by atoms with Crippen LogP contribution in [0, 0.1) is 25.2 Å². The Hall–Kier alpha value is -2.54. The summed E-state index contributed by atoms with van der Waals surface area (Å²) in [6.07, 6.45) is 1.67. The Balaban J connectivity index is 2.28. The van der Waals surface area contributed by atoms with Gasteiger partial charge in [0.05, 0.1) is 6.61 Å². The van der Waals surface area contributed by atoms with Gasteiger partial charge in [0.2, 0.25) is 5.88 Å². The maximum absolute atomic E-state index is 9.12. The zero-order valence-corrected chi connectivity index (χ0v) is 11.8. The van der Waals surface area contributed by atoms with Crippen molar-refractivity contribution in [2.24, 2.45) is 4.99 Å². The van der Waals surface area contributed by atoms with E-state index < -0.39 is 0 Å². The number of nitriles is 1. The van der Waals surface area contributed by atoms with Crippen LogP contribution < -0.4 is 4.74 Å². The van der Waals surface area contributed by atoms with Gasteiger partial charge in [-0.2, -0.15) is 5.26 Å². The molecule has 2 aromatic rings. The summed E-state index contributed by atoms with van der Waals surface area (Å²) in [5, 5.41) is 9.12. The fourth-order valence-corrected chi connectivity index (χ4v) is 1.82. The highest BCUT2D eigenvalue weighted by molar-refractivity contribution is 5.82. The summed E-state index contributed by atoms with van der Waals surface area (Å²) < 4.78 is 10.9. The molecule has 20 heavy (non-hydrogen) atoms. The van der Waals surface area contributed by atoms with Crippen LogP contribution in [0.5, 0.6) is 5.75 Å². The van der Waals surface area contributed by atoms with Crippen molar-refractivity contribution in [3.63, 3.8) is 0 Å². The molecule has 0 aliphatic rings. The fourth-order valence-electron chi connectivity index (χ4n) is 1.82. The Labute approximate surface area is 118 Å². The number of aryl methyl sites for hydroxylation is 1. The largest absolute Gasteiger partial charge is 0.494 e. The molecule has 4 heteroatoms. The quantitative estimate of drug-likeness (QED) is 0.790. The number of aliphatic imine (C=N–C) groups is 1. The van der Waals surface area contributed by atoms with Crippen molar-refractivity contribution < 1.29 is 9.15 Å². The fraction of sp³-hybridized carbons (Fsp3) is 0.250. The zero-order chi connectivity index (χ0) is 14.5. The molecule has 0 bridgehead atoms. The molecular weight excluding hydrogens is 252 g/mol. The SMILES string of the molecule is CCOc1cccc(C=Nc2oc(C)c(C)c2C#N)c1. The number of benzene rings is 1. The molecule has 0 atom stereocenters. The smallest absolute Gasteiger partial charge is 0.237 e. The molecule has 0 aliphatic heterocycles. The lowest BCUT2D eigenvalue weighted by Crippen LogP contribution is -1.92. The minimum atomic E-state index is 0.351. The predicted molar refractivity (Wildman–Crippen MR) is 77.8 cm³/mol. The summed E-state index contributed by atoms with van der Waals surface area (Å²) in [4.78, 5) is 4.26. The predicted octanol–water partition coefficient (Wildman–Crippen LogP) is 3.92. The third-order valence-corrected chi connectivity index (χ3v) is 2.98. The van der Waals surface area contributed by atoms with Gasteiger partial charge < -0.3 is 9.15 Å².